The molecular formula is C12H22N4O. The van der Waals surface area contributed by atoms with Gasteiger partial charge in [0.1, 0.15) is 5.84 Å². The highest BCUT2D eigenvalue weighted by molar-refractivity contribution is 5.88. The Kier molecular flexibility index (Phi) is 3.54. The summed E-state index contributed by atoms with van der Waals surface area (Å²) < 4.78 is 0. The highest BCUT2D eigenvalue weighted by atomic mass is 16.2. The van der Waals surface area contributed by atoms with Crippen molar-refractivity contribution >= 4 is 11.9 Å². The topological polar surface area (TPSA) is 73.4 Å². The van der Waals surface area contributed by atoms with Crippen molar-refractivity contribution in [2.75, 3.05) is 19.6 Å². The molecule has 0 aromatic heterocycles. The van der Waals surface area contributed by atoms with Gasteiger partial charge in [-0.2, -0.15) is 0 Å². The molecule has 17 heavy (non-hydrogen) atoms. The van der Waals surface area contributed by atoms with Crippen LogP contribution in [0.15, 0.2) is 0 Å². The fourth-order valence-electron chi connectivity index (χ4n) is 2.86. The maximum absolute atomic E-state index is 12.4. The van der Waals surface area contributed by atoms with Gasteiger partial charge in [-0.05, 0) is 31.6 Å². The summed E-state index contributed by atoms with van der Waals surface area (Å²) in [4.78, 5) is 16.1. The molecule has 0 bridgehead atoms. The molecule has 2 amide bonds. The van der Waals surface area contributed by atoms with E-state index in [1.54, 1.807) is 4.90 Å². The number of urea groups is 1. The standard InChI is InChI=1S/C12H22N4O/c1-9-4-2-6-15(8-9)12(17)16-7-3-5-10(16)11(13)14/h9-10H,2-8H2,1H3,(H3,13,14). The molecule has 0 aliphatic carbocycles. The highest BCUT2D eigenvalue weighted by Crippen LogP contribution is 2.22. The molecular weight excluding hydrogens is 216 g/mol. The van der Waals surface area contributed by atoms with Crippen molar-refractivity contribution in [3.05, 3.63) is 0 Å². The first kappa shape index (κ1) is 12.2. The fourth-order valence-corrected chi connectivity index (χ4v) is 2.86. The minimum atomic E-state index is -0.167. The molecule has 2 fully saturated rings. The number of hydrogen-bond acceptors (Lipinski definition) is 2. The number of nitrogens with one attached hydrogen (secondary N) is 1. The van der Waals surface area contributed by atoms with Crippen molar-refractivity contribution in [3.8, 4) is 0 Å². The van der Waals surface area contributed by atoms with E-state index in [1.165, 1.54) is 6.42 Å². The Hall–Kier alpha value is -1.26. The van der Waals surface area contributed by atoms with E-state index < -0.39 is 0 Å². The smallest absolute Gasteiger partial charge is 0.320 e. The van der Waals surface area contributed by atoms with Gasteiger partial charge in [0.05, 0.1) is 6.04 Å². The highest BCUT2D eigenvalue weighted by Gasteiger charge is 2.34. The van der Waals surface area contributed by atoms with E-state index in [9.17, 15) is 4.79 Å². The molecule has 2 saturated heterocycles. The van der Waals surface area contributed by atoms with Crippen molar-refractivity contribution in [1.29, 1.82) is 5.41 Å². The molecule has 2 heterocycles. The molecule has 2 atom stereocenters. The molecule has 0 aromatic rings. The van der Waals surface area contributed by atoms with Crippen LogP contribution in [0.5, 0.6) is 0 Å². The molecule has 96 valence electrons. The molecule has 0 saturated carbocycles. The molecule has 5 heteroatoms. The van der Waals surface area contributed by atoms with Gasteiger partial charge in [-0.25, -0.2) is 4.79 Å². The van der Waals surface area contributed by atoms with Crippen LogP contribution in [0.4, 0.5) is 4.79 Å². The van der Waals surface area contributed by atoms with E-state index in [0.717, 1.165) is 38.9 Å². The van der Waals surface area contributed by atoms with Gasteiger partial charge in [0, 0.05) is 19.6 Å². The zero-order valence-electron chi connectivity index (χ0n) is 10.5. The van der Waals surface area contributed by atoms with Gasteiger partial charge in [-0.15, -0.1) is 0 Å². The van der Waals surface area contributed by atoms with E-state index in [-0.39, 0.29) is 17.9 Å². The number of nitrogens with two attached hydrogens (primary N) is 1. The van der Waals surface area contributed by atoms with Gasteiger partial charge < -0.3 is 15.5 Å². The maximum Gasteiger partial charge on any atom is 0.320 e. The van der Waals surface area contributed by atoms with Crippen LogP contribution in [0, 0.1) is 11.3 Å². The zero-order chi connectivity index (χ0) is 12.4. The lowest BCUT2D eigenvalue weighted by molar-refractivity contribution is 0.134. The van der Waals surface area contributed by atoms with Gasteiger partial charge in [0.2, 0.25) is 0 Å². The molecule has 3 N–H and O–H groups in total. The second kappa shape index (κ2) is 4.94. The molecule has 2 aliphatic heterocycles. The quantitative estimate of drug-likeness (QED) is 0.533. The Bertz CT molecular complexity index is 318. The molecule has 5 nitrogen and oxygen atoms in total. The third-order valence-electron chi connectivity index (χ3n) is 3.79. The first-order valence-corrected chi connectivity index (χ1v) is 6.49. The summed E-state index contributed by atoms with van der Waals surface area (Å²) in [6.07, 6.45) is 4.09. The number of likely N-dealkylation sites (tertiary alicyclic amines) is 2. The summed E-state index contributed by atoms with van der Waals surface area (Å²) in [6.45, 7) is 4.63. The van der Waals surface area contributed by atoms with E-state index in [2.05, 4.69) is 6.92 Å². The summed E-state index contributed by atoms with van der Waals surface area (Å²) >= 11 is 0. The summed E-state index contributed by atoms with van der Waals surface area (Å²) in [7, 11) is 0. The van der Waals surface area contributed by atoms with Crippen molar-refractivity contribution in [2.24, 2.45) is 11.7 Å². The van der Waals surface area contributed by atoms with E-state index in [4.69, 9.17) is 11.1 Å². The van der Waals surface area contributed by atoms with Gasteiger partial charge in [0.15, 0.2) is 0 Å². The summed E-state index contributed by atoms with van der Waals surface area (Å²) in [5.74, 6) is 0.715. The minimum absolute atomic E-state index is 0.0780. The average Bonchev–Trinajstić information content (AvgIpc) is 2.77. The molecule has 0 spiro atoms. The molecule has 0 aromatic carbocycles. The van der Waals surface area contributed by atoms with Crippen LogP contribution in [0.3, 0.4) is 0 Å². The van der Waals surface area contributed by atoms with Crippen LogP contribution in [0.2, 0.25) is 0 Å². The SMILES string of the molecule is CC1CCCN(C(=O)N2CCCC2C(=N)N)C1. The Balaban J connectivity index is 2.01. The predicted molar refractivity (Wildman–Crippen MR) is 67.0 cm³/mol. The lowest BCUT2D eigenvalue weighted by atomic mass is 10.0. The second-order valence-electron chi connectivity index (χ2n) is 5.28. The lowest BCUT2D eigenvalue weighted by Crippen LogP contribution is -2.51. The molecule has 2 aliphatic rings. The normalized spacial score (nSPS) is 29.5. The van der Waals surface area contributed by atoms with Crippen LogP contribution in [0.1, 0.15) is 32.6 Å². The number of carbonyl (C=O) groups is 1. The van der Waals surface area contributed by atoms with Crippen molar-refractivity contribution in [1.82, 2.24) is 9.80 Å². The van der Waals surface area contributed by atoms with Gasteiger partial charge in [-0.3, -0.25) is 5.41 Å². The lowest BCUT2D eigenvalue weighted by Gasteiger charge is -2.35. The number of amidine groups is 1. The predicted octanol–water partition coefficient (Wildman–Crippen LogP) is 1.24. The third-order valence-corrected chi connectivity index (χ3v) is 3.79. The molecule has 2 rings (SSSR count). The summed E-state index contributed by atoms with van der Waals surface area (Å²) in [6, 6.07) is -0.0889. The largest absolute Gasteiger partial charge is 0.386 e. The minimum Gasteiger partial charge on any atom is -0.386 e. The Morgan fingerprint density at radius 2 is 2.00 bits per heavy atom. The van der Waals surface area contributed by atoms with E-state index >= 15 is 0 Å². The number of hydrogen-bond donors (Lipinski definition) is 2. The van der Waals surface area contributed by atoms with Crippen LogP contribution in [0.25, 0.3) is 0 Å². The Morgan fingerprint density at radius 3 is 2.65 bits per heavy atom. The molecule has 0 radical (unpaired) electrons. The number of carbonyl (C=O) groups excluding carboxylic acids is 1. The first-order chi connectivity index (χ1) is 8.09. The van der Waals surface area contributed by atoms with Crippen LogP contribution >= 0.6 is 0 Å². The Labute approximate surface area is 102 Å². The summed E-state index contributed by atoms with van der Waals surface area (Å²) in [5, 5.41) is 7.53. The number of rotatable bonds is 1. The van der Waals surface area contributed by atoms with Crippen LogP contribution < -0.4 is 5.73 Å². The van der Waals surface area contributed by atoms with Crippen LogP contribution in [-0.4, -0.2) is 47.3 Å². The zero-order valence-corrected chi connectivity index (χ0v) is 10.5. The fraction of sp³-hybridized carbons (Fsp3) is 0.833. The monoisotopic (exact) mass is 238 g/mol. The van der Waals surface area contributed by atoms with Gasteiger partial charge >= 0.3 is 6.03 Å². The number of piperidine rings is 1. The van der Waals surface area contributed by atoms with Crippen molar-refractivity contribution in [3.63, 3.8) is 0 Å². The second-order valence-corrected chi connectivity index (χ2v) is 5.28. The number of amides is 2. The number of nitrogens with zero attached hydrogens (tertiary/aromatic N) is 2. The Morgan fingerprint density at radius 1 is 1.29 bits per heavy atom. The summed E-state index contributed by atoms with van der Waals surface area (Å²) in [5.41, 5.74) is 5.55. The average molecular weight is 238 g/mol. The maximum atomic E-state index is 12.4. The van der Waals surface area contributed by atoms with Gasteiger partial charge in [-0.1, -0.05) is 6.92 Å². The van der Waals surface area contributed by atoms with E-state index in [0.29, 0.717) is 5.92 Å². The van der Waals surface area contributed by atoms with Crippen molar-refractivity contribution < 1.29 is 4.79 Å². The molecule has 2 unspecified atom stereocenters. The first-order valence-electron chi connectivity index (χ1n) is 6.49. The van der Waals surface area contributed by atoms with E-state index in [1.807, 2.05) is 4.90 Å². The third kappa shape index (κ3) is 2.53. The van der Waals surface area contributed by atoms with Crippen LogP contribution in [-0.2, 0) is 0 Å². The van der Waals surface area contributed by atoms with Crippen molar-refractivity contribution in [2.45, 2.75) is 38.6 Å². The van der Waals surface area contributed by atoms with Gasteiger partial charge in [0.25, 0.3) is 0 Å².